The number of benzene rings is 1. The van der Waals surface area contributed by atoms with Gasteiger partial charge in [-0.1, -0.05) is 6.07 Å². The van der Waals surface area contributed by atoms with Gasteiger partial charge in [0.05, 0.1) is 16.1 Å². The van der Waals surface area contributed by atoms with Gasteiger partial charge in [0.1, 0.15) is 6.61 Å². The monoisotopic (exact) mass is 279 g/mol. The molecule has 7 heteroatoms. The number of thiazole rings is 1. The molecule has 0 aliphatic carbocycles. The first-order valence-corrected chi connectivity index (χ1v) is 6.56. The minimum absolute atomic E-state index is 0.0323. The summed E-state index contributed by atoms with van der Waals surface area (Å²) < 4.78 is 5.50. The minimum Gasteiger partial charge on any atom is -0.480 e. The molecular weight excluding hydrogens is 266 g/mol. The highest BCUT2D eigenvalue weighted by atomic mass is 32.1. The minimum atomic E-state index is -0.445. The van der Waals surface area contributed by atoms with Gasteiger partial charge in [-0.15, -0.1) is 11.3 Å². The topological polar surface area (TPSA) is 77.3 Å². The largest absolute Gasteiger partial charge is 0.480 e. The number of nitrogens with one attached hydrogen (secondary N) is 1. The van der Waals surface area contributed by atoms with E-state index in [-0.39, 0.29) is 18.0 Å². The summed E-state index contributed by atoms with van der Waals surface area (Å²) in [6.07, 6.45) is 0. The normalized spacial score (nSPS) is 10.4. The van der Waals surface area contributed by atoms with Crippen LogP contribution in [-0.2, 0) is 13.2 Å². The summed E-state index contributed by atoms with van der Waals surface area (Å²) in [7, 11) is 1.82. The van der Waals surface area contributed by atoms with E-state index in [9.17, 15) is 10.1 Å². The molecule has 0 saturated carbocycles. The molecule has 2 rings (SSSR count). The fraction of sp³-hybridized carbons (Fsp3) is 0.250. The van der Waals surface area contributed by atoms with Crippen LogP contribution in [0, 0.1) is 10.1 Å². The van der Waals surface area contributed by atoms with Gasteiger partial charge in [-0.25, -0.2) is 4.98 Å². The zero-order valence-electron chi connectivity index (χ0n) is 10.3. The summed E-state index contributed by atoms with van der Waals surface area (Å²) in [4.78, 5) is 14.6. The average Bonchev–Trinajstić information content (AvgIpc) is 2.89. The van der Waals surface area contributed by atoms with Crippen LogP contribution in [0.5, 0.6) is 5.75 Å². The molecule has 0 aliphatic heterocycles. The van der Waals surface area contributed by atoms with Gasteiger partial charge >= 0.3 is 5.69 Å². The molecule has 0 amide bonds. The Balaban J connectivity index is 2.19. The van der Waals surface area contributed by atoms with Crippen LogP contribution in [0.2, 0.25) is 0 Å². The highest BCUT2D eigenvalue weighted by Gasteiger charge is 2.15. The van der Waals surface area contributed by atoms with E-state index in [1.165, 1.54) is 17.4 Å². The molecule has 0 bridgehead atoms. The van der Waals surface area contributed by atoms with Gasteiger partial charge in [0, 0.05) is 18.0 Å². The Hall–Kier alpha value is -1.99. The maximum absolute atomic E-state index is 10.9. The second kappa shape index (κ2) is 6.26. The van der Waals surface area contributed by atoms with Crippen molar-refractivity contribution in [3.63, 3.8) is 0 Å². The van der Waals surface area contributed by atoms with Crippen LogP contribution >= 0.6 is 11.3 Å². The van der Waals surface area contributed by atoms with E-state index >= 15 is 0 Å². The van der Waals surface area contributed by atoms with Crippen LogP contribution in [-0.4, -0.2) is 17.0 Å². The molecule has 1 N–H and O–H groups in total. The van der Waals surface area contributed by atoms with Gasteiger partial charge in [0.25, 0.3) is 0 Å². The fourth-order valence-corrected chi connectivity index (χ4v) is 2.14. The lowest BCUT2D eigenvalue weighted by Crippen LogP contribution is -2.06. The van der Waals surface area contributed by atoms with Crippen molar-refractivity contribution in [2.24, 2.45) is 0 Å². The first-order valence-electron chi connectivity index (χ1n) is 5.62. The maximum atomic E-state index is 10.9. The first kappa shape index (κ1) is 13.4. The summed E-state index contributed by atoms with van der Waals surface area (Å²) in [6, 6.07) is 4.86. The molecule has 0 saturated heterocycles. The number of nitrogens with zero attached hydrogens (tertiary/aromatic N) is 2. The van der Waals surface area contributed by atoms with Crippen molar-refractivity contribution in [2.45, 2.75) is 13.2 Å². The molecule has 100 valence electrons. The van der Waals surface area contributed by atoms with Gasteiger partial charge in [-0.2, -0.15) is 0 Å². The second-order valence-electron chi connectivity index (χ2n) is 3.86. The molecule has 2 aromatic rings. The Bertz CT molecular complexity index is 557. The van der Waals surface area contributed by atoms with E-state index in [1.807, 2.05) is 12.4 Å². The summed E-state index contributed by atoms with van der Waals surface area (Å²) >= 11 is 1.46. The molecule has 6 nitrogen and oxygen atoms in total. The molecule has 0 fully saturated rings. The molecular formula is C12H13N3O3S. The van der Waals surface area contributed by atoms with Crippen LogP contribution in [0.1, 0.15) is 11.3 Å². The van der Waals surface area contributed by atoms with Crippen LogP contribution < -0.4 is 10.1 Å². The van der Waals surface area contributed by atoms with Crippen molar-refractivity contribution in [2.75, 3.05) is 7.05 Å². The molecule has 0 atom stereocenters. The Morgan fingerprint density at radius 2 is 2.37 bits per heavy atom. The summed E-state index contributed by atoms with van der Waals surface area (Å²) in [5.74, 6) is 0.269. The van der Waals surface area contributed by atoms with Crippen molar-refractivity contribution in [3.05, 3.63) is 50.5 Å². The number of nitro groups is 1. The fourth-order valence-electron chi connectivity index (χ4n) is 1.60. The summed E-state index contributed by atoms with van der Waals surface area (Å²) in [5, 5.41) is 15.8. The zero-order chi connectivity index (χ0) is 13.7. The molecule has 1 aromatic heterocycles. The predicted molar refractivity (Wildman–Crippen MR) is 72.3 cm³/mol. The van der Waals surface area contributed by atoms with Crippen molar-refractivity contribution < 1.29 is 9.66 Å². The lowest BCUT2D eigenvalue weighted by atomic mass is 10.2. The molecule has 0 radical (unpaired) electrons. The number of aromatic nitrogens is 1. The Labute approximate surface area is 114 Å². The molecule has 0 spiro atoms. The highest BCUT2D eigenvalue weighted by Crippen LogP contribution is 2.28. The van der Waals surface area contributed by atoms with Crippen LogP contribution in [0.3, 0.4) is 0 Å². The zero-order valence-corrected chi connectivity index (χ0v) is 11.1. The van der Waals surface area contributed by atoms with Crippen molar-refractivity contribution in [1.82, 2.24) is 10.3 Å². The number of hydrogen-bond donors (Lipinski definition) is 1. The third kappa shape index (κ3) is 3.49. The van der Waals surface area contributed by atoms with Crippen molar-refractivity contribution in [1.29, 1.82) is 0 Å². The van der Waals surface area contributed by atoms with Crippen molar-refractivity contribution in [3.8, 4) is 5.75 Å². The van der Waals surface area contributed by atoms with E-state index < -0.39 is 4.92 Å². The smallest absolute Gasteiger partial charge is 0.310 e. The first-order chi connectivity index (χ1) is 9.20. The van der Waals surface area contributed by atoms with E-state index in [4.69, 9.17) is 4.74 Å². The van der Waals surface area contributed by atoms with E-state index in [1.54, 1.807) is 17.6 Å². The number of nitro benzene ring substituents is 1. The third-order valence-electron chi connectivity index (χ3n) is 2.46. The summed E-state index contributed by atoms with van der Waals surface area (Å²) in [6.45, 7) is 0.860. The highest BCUT2D eigenvalue weighted by molar-refractivity contribution is 7.07. The standard InChI is InChI=1S/C12H13N3O3S/c1-13-5-9-2-3-11(15(16)17)12(4-9)18-6-10-7-19-8-14-10/h2-4,7-8,13H,5-6H2,1H3. The maximum Gasteiger partial charge on any atom is 0.310 e. The van der Waals surface area contributed by atoms with E-state index in [2.05, 4.69) is 10.3 Å². The number of rotatable bonds is 6. The molecule has 0 unspecified atom stereocenters. The second-order valence-corrected chi connectivity index (χ2v) is 4.58. The quantitative estimate of drug-likeness (QED) is 0.648. The van der Waals surface area contributed by atoms with Crippen LogP contribution in [0.25, 0.3) is 0 Å². The van der Waals surface area contributed by atoms with Crippen LogP contribution in [0.15, 0.2) is 29.1 Å². The van der Waals surface area contributed by atoms with Gasteiger partial charge in [-0.3, -0.25) is 10.1 Å². The van der Waals surface area contributed by atoms with Gasteiger partial charge in [0.2, 0.25) is 0 Å². The molecule has 1 heterocycles. The number of ether oxygens (including phenoxy) is 1. The summed E-state index contributed by atoms with van der Waals surface area (Å²) in [5.41, 5.74) is 3.36. The van der Waals surface area contributed by atoms with Crippen LogP contribution in [0.4, 0.5) is 5.69 Å². The molecule has 0 aliphatic rings. The van der Waals surface area contributed by atoms with Crippen molar-refractivity contribution >= 4 is 17.0 Å². The average molecular weight is 279 g/mol. The lowest BCUT2D eigenvalue weighted by Gasteiger charge is -2.07. The lowest BCUT2D eigenvalue weighted by molar-refractivity contribution is -0.386. The Morgan fingerprint density at radius 1 is 1.53 bits per heavy atom. The van der Waals surface area contributed by atoms with Gasteiger partial charge in [0.15, 0.2) is 5.75 Å². The number of hydrogen-bond acceptors (Lipinski definition) is 6. The Morgan fingerprint density at radius 3 is 3.00 bits per heavy atom. The van der Waals surface area contributed by atoms with Gasteiger partial charge in [-0.05, 0) is 18.7 Å². The SMILES string of the molecule is CNCc1ccc([N+](=O)[O-])c(OCc2cscn2)c1. The molecule has 19 heavy (non-hydrogen) atoms. The van der Waals surface area contributed by atoms with Gasteiger partial charge < -0.3 is 10.1 Å². The van der Waals surface area contributed by atoms with E-state index in [0.717, 1.165) is 11.3 Å². The van der Waals surface area contributed by atoms with E-state index in [0.29, 0.717) is 6.54 Å². The molecule has 1 aromatic carbocycles. The third-order valence-corrected chi connectivity index (χ3v) is 3.10. The Kier molecular flexibility index (Phi) is 4.43. The predicted octanol–water partition coefficient (Wildman–Crippen LogP) is 2.35.